The van der Waals surface area contributed by atoms with Crippen molar-refractivity contribution in [1.29, 1.82) is 0 Å². The number of anilines is 1. The Labute approximate surface area is 124 Å². The van der Waals surface area contributed by atoms with Crippen LogP contribution in [0.2, 0.25) is 0 Å². The third-order valence-corrected chi connectivity index (χ3v) is 4.49. The molecule has 0 radical (unpaired) electrons. The predicted molar refractivity (Wildman–Crippen MR) is 79.8 cm³/mol. The highest BCUT2D eigenvalue weighted by Crippen LogP contribution is 2.51. The van der Waals surface area contributed by atoms with E-state index < -0.39 is 6.04 Å². The zero-order valence-electron chi connectivity index (χ0n) is 11.6. The molecular formula is C15H20ClFN2O. The number of benzene rings is 1. The molecule has 1 aliphatic carbocycles. The molecule has 110 valence electrons. The van der Waals surface area contributed by atoms with E-state index in [1.165, 1.54) is 6.07 Å². The van der Waals surface area contributed by atoms with Gasteiger partial charge in [0.05, 0.1) is 11.7 Å². The Bertz CT molecular complexity index is 527. The number of halogens is 2. The van der Waals surface area contributed by atoms with E-state index in [0.717, 1.165) is 36.9 Å². The van der Waals surface area contributed by atoms with Crippen LogP contribution in [0.25, 0.3) is 0 Å². The van der Waals surface area contributed by atoms with Gasteiger partial charge < -0.3 is 10.6 Å². The Morgan fingerprint density at radius 3 is 2.65 bits per heavy atom. The smallest absolute Gasteiger partial charge is 0.243 e. The van der Waals surface area contributed by atoms with Crippen LogP contribution >= 0.6 is 12.4 Å². The first-order chi connectivity index (χ1) is 9.05. The Morgan fingerprint density at radius 2 is 2.05 bits per heavy atom. The van der Waals surface area contributed by atoms with Crippen molar-refractivity contribution in [2.24, 2.45) is 5.73 Å². The van der Waals surface area contributed by atoms with Crippen LogP contribution in [0.3, 0.4) is 0 Å². The summed E-state index contributed by atoms with van der Waals surface area (Å²) in [6, 6.07) is 4.46. The topological polar surface area (TPSA) is 46.3 Å². The highest BCUT2D eigenvalue weighted by molar-refractivity contribution is 5.99. The maximum atomic E-state index is 14.3. The van der Waals surface area contributed by atoms with Crippen molar-refractivity contribution in [2.75, 3.05) is 11.4 Å². The van der Waals surface area contributed by atoms with E-state index in [0.29, 0.717) is 6.54 Å². The molecule has 1 amide bonds. The number of nitrogens with two attached hydrogens (primary N) is 1. The first-order valence-corrected chi connectivity index (χ1v) is 6.91. The number of carbonyl (C=O) groups is 1. The summed E-state index contributed by atoms with van der Waals surface area (Å²) in [5.41, 5.74) is 7.00. The van der Waals surface area contributed by atoms with Crippen LogP contribution in [-0.2, 0) is 10.2 Å². The summed E-state index contributed by atoms with van der Waals surface area (Å²) in [7, 11) is 0. The van der Waals surface area contributed by atoms with Crippen LogP contribution in [0.4, 0.5) is 10.1 Å². The van der Waals surface area contributed by atoms with Gasteiger partial charge in [-0.1, -0.05) is 18.9 Å². The van der Waals surface area contributed by atoms with Crippen molar-refractivity contribution < 1.29 is 9.18 Å². The van der Waals surface area contributed by atoms with E-state index in [-0.39, 0.29) is 29.5 Å². The first kappa shape index (κ1) is 15.3. The molecule has 0 bridgehead atoms. The van der Waals surface area contributed by atoms with Gasteiger partial charge in [0.15, 0.2) is 0 Å². The number of nitrogens with zero attached hydrogens (tertiary/aromatic N) is 1. The number of carbonyl (C=O) groups excluding carboxylic acids is 1. The van der Waals surface area contributed by atoms with Crippen LogP contribution in [-0.4, -0.2) is 18.5 Å². The maximum Gasteiger partial charge on any atom is 0.243 e. The van der Waals surface area contributed by atoms with Crippen molar-refractivity contribution in [3.05, 3.63) is 29.6 Å². The van der Waals surface area contributed by atoms with Gasteiger partial charge >= 0.3 is 0 Å². The summed E-state index contributed by atoms with van der Waals surface area (Å²) in [4.78, 5) is 13.9. The van der Waals surface area contributed by atoms with Gasteiger partial charge in [-0.05, 0) is 31.9 Å². The molecule has 2 aliphatic rings. The molecule has 1 heterocycles. The molecule has 3 rings (SSSR count). The number of hydrogen-bond acceptors (Lipinski definition) is 2. The molecule has 3 nitrogen and oxygen atoms in total. The molecule has 1 aliphatic heterocycles. The van der Waals surface area contributed by atoms with E-state index >= 15 is 0 Å². The SMILES string of the molecule is C[C@H](N)C(=O)N1CC2(CCCC2)c2c(F)cccc21.Cl. The molecule has 1 fully saturated rings. The van der Waals surface area contributed by atoms with Gasteiger partial charge in [-0.25, -0.2) is 4.39 Å². The summed E-state index contributed by atoms with van der Waals surface area (Å²) in [6.07, 6.45) is 4.13. The Hall–Kier alpha value is -1.13. The van der Waals surface area contributed by atoms with Crippen molar-refractivity contribution in [2.45, 2.75) is 44.1 Å². The minimum Gasteiger partial charge on any atom is -0.320 e. The third kappa shape index (κ3) is 2.11. The second kappa shape index (κ2) is 5.34. The highest BCUT2D eigenvalue weighted by atomic mass is 35.5. The quantitative estimate of drug-likeness (QED) is 0.866. The largest absolute Gasteiger partial charge is 0.320 e. The summed E-state index contributed by atoms with van der Waals surface area (Å²) in [6.45, 7) is 2.27. The van der Waals surface area contributed by atoms with Gasteiger partial charge in [0.25, 0.3) is 0 Å². The molecule has 1 aromatic carbocycles. The number of fused-ring (bicyclic) bond motifs is 2. The summed E-state index contributed by atoms with van der Waals surface area (Å²) >= 11 is 0. The van der Waals surface area contributed by atoms with Crippen LogP contribution in [0, 0.1) is 5.82 Å². The lowest BCUT2D eigenvalue weighted by molar-refractivity contribution is -0.119. The highest BCUT2D eigenvalue weighted by Gasteiger charge is 2.48. The maximum absolute atomic E-state index is 14.3. The molecule has 0 aromatic heterocycles. The normalized spacial score (nSPS) is 20.6. The van der Waals surface area contributed by atoms with E-state index in [4.69, 9.17) is 5.73 Å². The second-order valence-electron chi connectivity index (χ2n) is 5.83. The van der Waals surface area contributed by atoms with E-state index in [2.05, 4.69) is 0 Å². The third-order valence-electron chi connectivity index (χ3n) is 4.49. The molecule has 0 unspecified atom stereocenters. The van der Waals surface area contributed by atoms with Crippen LogP contribution in [0.5, 0.6) is 0 Å². The lowest BCUT2D eigenvalue weighted by atomic mass is 9.80. The van der Waals surface area contributed by atoms with Crippen LogP contribution in [0.1, 0.15) is 38.2 Å². The fraction of sp³-hybridized carbons (Fsp3) is 0.533. The molecule has 5 heteroatoms. The minimum atomic E-state index is -0.548. The average Bonchev–Trinajstić information content (AvgIpc) is 2.96. The number of amides is 1. The van der Waals surface area contributed by atoms with Gasteiger partial charge in [0.2, 0.25) is 5.91 Å². The lowest BCUT2D eigenvalue weighted by Crippen LogP contribution is -2.43. The van der Waals surface area contributed by atoms with Gasteiger partial charge in [-0.3, -0.25) is 4.79 Å². The Kier molecular flexibility index (Phi) is 4.07. The van der Waals surface area contributed by atoms with E-state index in [1.807, 2.05) is 6.07 Å². The summed E-state index contributed by atoms with van der Waals surface area (Å²) in [5, 5.41) is 0. The van der Waals surface area contributed by atoms with Gasteiger partial charge in [0, 0.05) is 17.5 Å². The standard InChI is InChI=1S/C15H19FN2O.ClH/c1-10(17)14(19)18-9-15(7-2-3-8-15)13-11(16)5-4-6-12(13)18;/h4-6,10H,2-3,7-9,17H2,1H3;1H/t10-;/m0./s1. The fourth-order valence-electron chi connectivity index (χ4n) is 3.63. The first-order valence-electron chi connectivity index (χ1n) is 6.91. The van der Waals surface area contributed by atoms with Crippen LogP contribution in [0.15, 0.2) is 18.2 Å². The van der Waals surface area contributed by atoms with Crippen molar-refractivity contribution in [1.82, 2.24) is 0 Å². The van der Waals surface area contributed by atoms with Gasteiger partial charge in [-0.2, -0.15) is 0 Å². The van der Waals surface area contributed by atoms with Gasteiger partial charge in [-0.15, -0.1) is 12.4 Å². The minimum absolute atomic E-state index is 0. The zero-order chi connectivity index (χ0) is 13.6. The average molecular weight is 299 g/mol. The predicted octanol–water partition coefficient (Wildman–Crippen LogP) is 2.75. The molecule has 1 saturated carbocycles. The van der Waals surface area contributed by atoms with Gasteiger partial charge in [0.1, 0.15) is 5.82 Å². The molecule has 20 heavy (non-hydrogen) atoms. The monoisotopic (exact) mass is 298 g/mol. The molecular weight excluding hydrogens is 279 g/mol. The van der Waals surface area contributed by atoms with Crippen LogP contribution < -0.4 is 10.6 Å². The van der Waals surface area contributed by atoms with Crippen molar-refractivity contribution in [3.8, 4) is 0 Å². The fourth-order valence-corrected chi connectivity index (χ4v) is 3.63. The summed E-state index contributed by atoms with van der Waals surface area (Å²) in [5.74, 6) is -0.296. The number of hydrogen-bond donors (Lipinski definition) is 1. The Morgan fingerprint density at radius 1 is 1.40 bits per heavy atom. The molecule has 0 saturated heterocycles. The zero-order valence-corrected chi connectivity index (χ0v) is 12.4. The summed E-state index contributed by atoms with van der Waals surface area (Å²) < 4.78 is 14.3. The van der Waals surface area contributed by atoms with E-state index in [1.54, 1.807) is 17.9 Å². The Balaban J connectivity index is 0.00000147. The van der Waals surface area contributed by atoms with Crippen molar-refractivity contribution >= 4 is 24.0 Å². The molecule has 1 spiro atoms. The number of rotatable bonds is 1. The second-order valence-corrected chi connectivity index (χ2v) is 5.83. The van der Waals surface area contributed by atoms with Crippen molar-refractivity contribution in [3.63, 3.8) is 0 Å². The lowest BCUT2D eigenvalue weighted by Gasteiger charge is -2.25. The molecule has 1 atom stereocenters. The molecule has 2 N–H and O–H groups in total. The van der Waals surface area contributed by atoms with E-state index in [9.17, 15) is 9.18 Å². The molecule has 1 aromatic rings.